The zero-order valence-electron chi connectivity index (χ0n) is 20.3. The molecule has 37 heavy (non-hydrogen) atoms. The van der Waals surface area contributed by atoms with E-state index in [1.54, 1.807) is 40.6 Å². The van der Waals surface area contributed by atoms with Crippen molar-refractivity contribution in [1.29, 1.82) is 0 Å². The number of methoxy groups -OCH3 is 1. The van der Waals surface area contributed by atoms with Crippen LogP contribution in [0.15, 0.2) is 66.9 Å². The van der Waals surface area contributed by atoms with Crippen LogP contribution in [0.2, 0.25) is 0 Å². The third kappa shape index (κ3) is 3.53. The molecule has 0 saturated heterocycles. The van der Waals surface area contributed by atoms with Gasteiger partial charge in [-0.1, -0.05) is 6.07 Å². The van der Waals surface area contributed by atoms with E-state index in [1.165, 1.54) is 12.1 Å². The highest BCUT2D eigenvalue weighted by Gasteiger charge is 2.21. The first-order valence-electron chi connectivity index (χ1n) is 11.5. The van der Waals surface area contributed by atoms with Gasteiger partial charge in [0.2, 0.25) is 0 Å². The van der Waals surface area contributed by atoms with Gasteiger partial charge in [-0.3, -0.25) is 9.36 Å². The van der Waals surface area contributed by atoms with Crippen LogP contribution >= 0.6 is 0 Å². The van der Waals surface area contributed by atoms with E-state index in [0.717, 1.165) is 28.0 Å². The van der Waals surface area contributed by atoms with Crippen molar-refractivity contribution in [2.75, 3.05) is 7.11 Å². The minimum absolute atomic E-state index is 0.281. The molecule has 0 spiro atoms. The van der Waals surface area contributed by atoms with Gasteiger partial charge in [0.25, 0.3) is 5.91 Å². The summed E-state index contributed by atoms with van der Waals surface area (Å²) in [6.45, 7) is 1.90. The normalized spacial score (nSPS) is 11.5. The molecule has 9 nitrogen and oxygen atoms in total. The number of hydrogen-bond acceptors (Lipinski definition) is 5. The van der Waals surface area contributed by atoms with Crippen molar-refractivity contribution < 1.29 is 13.9 Å². The Morgan fingerprint density at radius 2 is 1.84 bits per heavy atom. The van der Waals surface area contributed by atoms with Crippen molar-refractivity contribution >= 4 is 22.5 Å². The number of ether oxygens (including phenoxy) is 1. The molecule has 2 N–H and O–H groups in total. The Morgan fingerprint density at radius 3 is 2.57 bits per heavy atom. The van der Waals surface area contributed by atoms with Crippen LogP contribution in [0.1, 0.15) is 16.3 Å². The first-order valence-corrected chi connectivity index (χ1v) is 11.5. The fourth-order valence-electron chi connectivity index (χ4n) is 4.63. The van der Waals surface area contributed by atoms with Gasteiger partial charge in [0.1, 0.15) is 28.8 Å². The van der Waals surface area contributed by atoms with Gasteiger partial charge in [-0.25, -0.2) is 18.9 Å². The molecular formula is C27H22FN7O2. The van der Waals surface area contributed by atoms with Gasteiger partial charge in [-0.2, -0.15) is 5.10 Å². The molecular weight excluding hydrogens is 473 g/mol. The predicted molar refractivity (Wildman–Crippen MR) is 137 cm³/mol. The van der Waals surface area contributed by atoms with Crippen molar-refractivity contribution in [3.05, 3.63) is 84.2 Å². The van der Waals surface area contributed by atoms with Gasteiger partial charge in [0.15, 0.2) is 11.5 Å². The minimum atomic E-state index is -0.585. The molecule has 0 fully saturated rings. The van der Waals surface area contributed by atoms with Crippen LogP contribution in [0.4, 0.5) is 4.39 Å². The molecule has 4 heterocycles. The second-order valence-corrected chi connectivity index (χ2v) is 8.66. The molecule has 184 valence electrons. The standard InChI is InChI=1S/C27H22FN7O2/c1-15-30-25(16-7-9-17(28)10-8-16)26(33(15)2)19-11-12-23-31-24(14-34(23)32-19)35-20-5-4-6-22(37-3)18(20)13-21(35)27(29)36/h4-14H,1-3H3,(H2,29,36). The second kappa shape index (κ2) is 8.30. The topological polar surface area (TPSA) is 105 Å². The van der Waals surface area contributed by atoms with E-state index in [4.69, 9.17) is 25.5 Å². The number of benzene rings is 2. The number of amides is 1. The molecule has 0 atom stereocenters. The van der Waals surface area contributed by atoms with Crippen LogP contribution in [-0.4, -0.2) is 41.7 Å². The average molecular weight is 496 g/mol. The fraction of sp³-hybridized carbons (Fsp3) is 0.111. The van der Waals surface area contributed by atoms with Crippen LogP contribution in [0.5, 0.6) is 5.75 Å². The molecule has 0 saturated carbocycles. The number of nitrogens with zero attached hydrogens (tertiary/aromatic N) is 6. The lowest BCUT2D eigenvalue weighted by molar-refractivity contribution is 0.0994. The number of aryl methyl sites for hydroxylation is 1. The molecule has 0 aliphatic carbocycles. The van der Waals surface area contributed by atoms with Crippen LogP contribution in [0.3, 0.4) is 0 Å². The summed E-state index contributed by atoms with van der Waals surface area (Å²) in [5.74, 6) is 1.01. The number of primary amides is 1. The molecule has 4 aromatic heterocycles. The number of hydrogen-bond donors (Lipinski definition) is 1. The Bertz CT molecular complexity index is 1830. The van der Waals surface area contributed by atoms with E-state index in [1.807, 2.05) is 48.9 Å². The number of halogens is 1. The number of rotatable bonds is 5. The smallest absolute Gasteiger partial charge is 0.265 e. The predicted octanol–water partition coefficient (Wildman–Crippen LogP) is 4.30. The van der Waals surface area contributed by atoms with E-state index >= 15 is 0 Å². The number of fused-ring (bicyclic) bond motifs is 2. The largest absolute Gasteiger partial charge is 0.496 e. The van der Waals surface area contributed by atoms with Crippen LogP contribution in [0, 0.1) is 12.7 Å². The van der Waals surface area contributed by atoms with Gasteiger partial charge in [-0.15, -0.1) is 0 Å². The third-order valence-corrected chi connectivity index (χ3v) is 6.49. The van der Waals surface area contributed by atoms with E-state index in [-0.39, 0.29) is 11.5 Å². The van der Waals surface area contributed by atoms with Gasteiger partial charge in [0.05, 0.1) is 30.2 Å². The fourth-order valence-corrected chi connectivity index (χ4v) is 4.63. The van der Waals surface area contributed by atoms with Gasteiger partial charge >= 0.3 is 0 Å². The van der Waals surface area contributed by atoms with Crippen molar-refractivity contribution in [2.24, 2.45) is 12.8 Å². The lowest BCUT2D eigenvalue weighted by Gasteiger charge is -2.07. The highest BCUT2D eigenvalue weighted by molar-refractivity contribution is 6.00. The second-order valence-electron chi connectivity index (χ2n) is 8.66. The Balaban J connectivity index is 1.52. The third-order valence-electron chi connectivity index (χ3n) is 6.49. The molecule has 0 aliphatic heterocycles. The monoisotopic (exact) mass is 495 g/mol. The molecule has 10 heteroatoms. The van der Waals surface area contributed by atoms with Gasteiger partial charge < -0.3 is 15.0 Å². The Kier molecular flexibility index (Phi) is 5.04. The maximum Gasteiger partial charge on any atom is 0.265 e. The Morgan fingerprint density at radius 1 is 1.05 bits per heavy atom. The van der Waals surface area contributed by atoms with E-state index in [9.17, 15) is 9.18 Å². The zero-order valence-corrected chi connectivity index (χ0v) is 20.3. The molecule has 1 amide bonds. The van der Waals surface area contributed by atoms with Crippen molar-refractivity contribution in [3.8, 4) is 34.2 Å². The SMILES string of the molecule is COc1cccc2c1cc(C(N)=O)n2-c1cn2nc(-c3c(-c4ccc(F)cc4)nc(C)n3C)ccc2n1. The summed E-state index contributed by atoms with van der Waals surface area (Å²) in [4.78, 5) is 21.7. The number of nitrogens with two attached hydrogens (primary N) is 1. The van der Waals surface area contributed by atoms with E-state index in [2.05, 4.69) is 0 Å². The lowest BCUT2D eigenvalue weighted by atomic mass is 10.1. The van der Waals surface area contributed by atoms with E-state index < -0.39 is 5.91 Å². The maximum absolute atomic E-state index is 13.5. The zero-order chi connectivity index (χ0) is 25.8. The van der Waals surface area contributed by atoms with Crippen molar-refractivity contribution in [1.82, 2.24) is 28.7 Å². The summed E-state index contributed by atoms with van der Waals surface area (Å²) < 4.78 is 24.3. The van der Waals surface area contributed by atoms with Crippen molar-refractivity contribution in [3.63, 3.8) is 0 Å². The molecule has 0 bridgehead atoms. The lowest BCUT2D eigenvalue weighted by Crippen LogP contribution is -2.16. The maximum atomic E-state index is 13.5. The summed E-state index contributed by atoms with van der Waals surface area (Å²) in [6, 6.07) is 17.2. The molecule has 6 rings (SSSR count). The molecule has 0 aliphatic rings. The summed E-state index contributed by atoms with van der Waals surface area (Å²) >= 11 is 0. The number of aromatic nitrogens is 6. The van der Waals surface area contributed by atoms with Gasteiger partial charge in [0, 0.05) is 18.0 Å². The first kappa shape index (κ1) is 22.5. The molecule has 0 radical (unpaired) electrons. The first-order chi connectivity index (χ1) is 17.9. The Labute approximate surface area is 210 Å². The summed E-state index contributed by atoms with van der Waals surface area (Å²) in [7, 11) is 3.49. The number of imidazole rings is 2. The highest BCUT2D eigenvalue weighted by atomic mass is 19.1. The van der Waals surface area contributed by atoms with Crippen molar-refractivity contribution in [2.45, 2.75) is 6.92 Å². The summed E-state index contributed by atoms with van der Waals surface area (Å²) in [5.41, 5.74) is 10.3. The van der Waals surface area contributed by atoms with Crippen LogP contribution in [0.25, 0.3) is 45.0 Å². The quantitative estimate of drug-likeness (QED) is 0.384. The summed E-state index contributed by atoms with van der Waals surface area (Å²) in [5, 5.41) is 5.56. The van der Waals surface area contributed by atoms with E-state index in [0.29, 0.717) is 28.6 Å². The summed E-state index contributed by atoms with van der Waals surface area (Å²) in [6.07, 6.45) is 1.74. The Hall–Kier alpha value is -4.99. The average Bonchev–Trinajstić information content (AvgIpc) is 3.57. The van der Waals surface area contributed by atoms with Crippen LogP contribution < -0.4 is 10.5 Å². The number of carbonyl (C=O) groups excluding carboxylic acids is 1. The molecule has 6 aromatic rings. The number of carbonyl (C=O) groups is 1. The van der Waals surface area contributed by atoms with Gasteiger partial charge in [-0.05, 0) is 61.5 Å². The molecule has 0 unspecified atom stereocenters. The van der Waals surface area contributed by atoms with Crippen LogP contribution in [-0.2, 0) is 7.05 Å². The molecule has 2 aromatic carbocycles. The minimum Gasteiger partial charge on any atom is -0.496 e. The highest BCUT2D eigenvalue weighted by Crippen LogP contribution is 2.33.